The van der Waals surface area contributed by atoms with Crippen LogP contribution in [0.3, 0.4) is 0 Å². The van der Waals surface area contributed by atoms with E-state index in [0.717, 1.165) is 17.2 Å². The van der Waals surface area contributed by atoms with E-state index in [1.807, 2.05) is 18.7 Å². The minimum absolute atomic E-state index is 0.108. The van der Waals surface area contributed by atoms with Crippen molar-refractivity contribution < 1.29 is 4.42 Å². The zero-order valence-corrected chi connectivity index (χ0v) is 12.7. The van der Waals surface area contributed by atoms with Crippen LogP contribution >= 0.6 is 23.1 Å². The molecule has 0 saturated carbocycles. The maximum Gasteiger partial charge on any atom is 0.257 e. The van der Waals surface area contributed by atoms with E-state index in [1.54, 1.807) is 11.3 Å². The van der Waals surface area contributed by atoms with Gasteiger partial charge >= 0.3 is 0 Å². The number of fused-ring (bicyclic) bond motifs is 1. The summed E-state index contributed by atoms with van der Waals surface area (Å²) in [5, 5.41) is 11.6. The van der Waals surface area contributed by atoms with Gasteiger partial charge in [0.05, 0.1) is 10.9 Å². The summed E-state index contributed by atoms with van der Waals surface area (Å²) < 4.78 is 5.78. The number of hydrogen-bond donors (Lipinski definition) is 1. The number of aryl methyl sites for hydroxylation is 1. The summed E-state index contributed by atoms with van der Waals surface area (Å²) >= 11 is 3.79. The Kier molecular flexibility index (Phi) is 3.91. The van der Waals surface area contributed by atoms with Crippen molar-refractivity contribution >= 4 is 23.1 Å². The molecule has 0 amide bonds. The number of thioether (sulfide) groups is 1. The first-order valence-electron chi connectivity index (χ1n) is 6.54. The summed E-state index contributed by atoms with van der Waals surface area (Å²) in [6, 6.07) is 2.32. The maximum absolute atomic E-state index is 5.78. The van der Waals surface area contributed by atoms with Crippen LogP contribution in [-0.4, -0.2) is 22.5 Å². The van der Waals surface area contributed by atoms with E-state index >= 15 is 0 Å². The van der Waals surface area contributed by atoms with Crippen molar-refractivity contribution in [1.29, 1.82) is 0 Å². The summed E-state index contributed by atoms with van der Waals surface area (Å²) in [6.07, 6.45) is 1.17. The van der Waals surface area contributed by atoms with E-state index in [-0.39, 0.29) is 6.04 Å². The molecule has 2 aromatic rings. The number of nitrogens with one attached hydrogen (secondary N) is 1. The Morgan fingerprint density at radius 1 is 1.47 bits per heavy atom. The van der Waals surface area contributed by atoms with Crippen LogP contribution in [0.25, 0.3) is 10.8 Å². The summed E-state index contributed by atoms with van der Waals surface area (Å²) in [7, 11) is 0. The summed E-state index contributed by atoms with van der Waals surface area (Å²) in [5.41, 5.74) is 1.44. The average Bonchev–Trinajstić information content (AvgIpc) is 3.05. The number of hydrogen-bond acceptors (Lipinski definition) is 6. The number of thiophene rings is 1. The molecule has 4 nitrogen and oxygen atoms in total. The van der Waals surface area contributed by atoms with Crippen molar-refractivity contribution in [2.45, 2.75) is 32.1 Å². The summed E-state index contributed by atoms with van der Waals surface area (Å²) in [4.78, 5) is 2.59. The van der Waals surface area contributed by atoms with Gasteiger partial charge in [0.25, 0.3) is 5.89 Å². The molecule has 1 aliphatic rings. The third-order valence-electron chi connectivity index (χ3n) is 3.16. The minimum Gasteiger partial charge on any atom is -0.418 e. The fraction of sp³-hybridized carbons (Fsp3) is 0.538. The SMILES string of the molecule is CCNC(C)c1nnc(-c2cc3c(s2)CCSC3)o1. The van der Waals surface area contributed by atoms with Crippen LogP contribution in [0.1, 0.15) is 36.2 Å². The van der Waals surface area contributed by atoms with Crippen molar-refractivity contribution in [3.05, 3.63) is 22.4 Å². The van der Waals surface area contributed by atoms with Crippen LogP contribution in [0.15, 0.2) is 10.5 Å². The Morgan fingerprint density at radius 3 is 3.16 bits per heavy atom. The fourth-order valence-corrected chi connectivity index (χ4v) is 4.45. The van der Waals surface area contributed by atoms with Gasteiger partial charge in [-0.25, -0.2) is 0 Å². The molecular formula is C13H17N3OS2. The standard InChI is InChI=1S/C13H17N3OS2/c1-3-14-8(2)12-15-16-13(17-12)11-6-9-7-18-5-4-10(9)19-11/h6,8,14H,3-5,7H2,1-2H3. The lowest BCUT2D eigenvalue weighted by Gasteiger charge is -2.08. The van der Waals surface area contributed by atoms with E-state index in [4.69, 9.17) is 4.42 Å². The predicted molar refractivity (Wildman–Crippen MR) is 79.6 cm³/mol. The van der Waals surface area contributed by atoms with Crippen molar-refractivity contribution in [3.63, 3.8) is 0 Å². The highest BCUT2D eigenvalue weighted by Gasteiger charge is 2.19. The second-order valence-electron chi connectivity index (χ2n) is 4.59. The molecule has 0 bridgehead atoms. The molecule has 102 valence electrons. The van der Waals surface area contributed by atoms with Crippen molar-refractivity contribution in [3.8, 4) is 10.8 Å². The third kappa shape index (κ3) is 2.70. The molecule has 0 saturated heterocycles. The summed E-state index contributed by atoms with van der Waals surface area (Å²) in [5.74, 6) is 3.65. The topological polar surface area (TPSA) is 51.0 Å². The third-order valence-corrected chi connectivity index (χ3v) is 5.39. The van der Waals surface area contributed by atoms with Crippen molar-refractivity contribution in [2.24, 2.45) is 0 Å². The van der Waals surface area contributed by atoms with Crippen LogP contribution < -0.4 is 5.32 Å². The van der Waals surface area contributed by atoms with Crippen LogP contribution in [0, 0.1) is 0 Å². The van der Waals surface area contributed by atoms with E-state index in [0.29, 0.717) is 11.8 Å². The quantitative estimate of drug-likeness (QED) is 0.938. The molecule has 2 aromatic heterocycles. The first kappa shape index (κ1) is 13.1. The normalized spacial score (nSPS) is 16.3. The Morgan fingerprint density at radius 2 is 2.37 bits per heavy atom. The van der Waals surface area contributed by atoms with E-state index in [2.05, 4.69) is 28.5 Å². The molecule has 1 N–H and O–H groups in total. The van der Waals surface area contributed by atoms with Crippen LogP contribution in [-0.2, 0) is 12.2 Å². The lowest BCUT2D eigenvalue weighted by Crippen LogP contribution is -2.17. The van der Waals surface area contributed by atoms with Crippen LogP contribution in [0.2, 0.25) is 0 Å². The molecule has 6 heteroatoms. The van der Waals surface area contributed by atoms with Gasteiger partial charge in [-0.1, -0.05) is 6.92 Å². The Hall–Kier alpha value is -0.850. The lowest BCUT2D eigenvalue weighted by molar-refractivity contribution is 0.429. The molecule has 1 unspecified atom stereocenters. The Labute approximate surface area is 121 Å². The predicted octanol–water partition coefficient (Wildman–Crippen LogP) is 3.26. The van der Waals surface area contributed by atoms with Gasteiger partial charge in [0, 0.05) is 10.6 Å². The van der Waals surface area contributed by atoms with Gasteiger partial charge in [0.15, 0.2) is 0 Å². The minimum atomic E-state index is 0.108. The highest BCUT2D eigenvalue weighted by molar-refractivity contribution is 7.98. The molecular weight excluding hydrogens is 278 g/mol. The highest BCUT2D eigenvalue weighted by Crippen LogP contribution is 2.36. The molecule has 3 heterocycles. The highest BCUT2D eigenvalue weighted by atomic mass is 32.2. The smallest absolute Gasteiger partial charge is 0.257 e. The average molecular weight is 295 g/mol. The lowest BCUT2D eigenvalue weighted by atomic mass is 10.2. The van der Waals surface area contributed by atoms with Gasteiger partial charge in [-0.2, -0.15) is 11.8 Å². The summed E-state index contributed by atoms with van der Waals surface area (Å²) in [6.45, 7) is 5.00. The van der Waals surface area contributed by atoms with Crippen LogP contribution in [0.4, 0.5) is 0 Å². The number of rotatable bonds is 4. The van der Waals surface area contributed by atoms with Crippen LogP contribution in [0.5, 0.6) is 0 Å². The molecule has 1 atom stereocenters. The second-order valence-corrected chi connectivity index (χ2v) is 6.83. The molecule has 3 rings (SSSR count). The first-order valence-corrected chi connectivity index (χ1v) is 8.51. The molecule has 19 heavy (non-hydrogen) atoms. The monoisotopic (exact) mass is 295 g/mol. The van der Waals surface area contributed by atoms with Gasteiger partial charge in [0.1, 0.15) is 0 Å². The van der Waals surface area contributed by atoms with Crippen molar-refractivity contribution in [1.82, 2.24) is 15.5 Å². The van der Waals surface area contributed by atoms with Gasteiger partial charge < -0.3 is 9.73 Å². The molecule has 0 fully saturated rings. The zero-order valence-electron chi connectivity index (χ0n) is 11.1. The van der Waals surface area contributed by atoms with E-state index < -0.39 is 0 Å². The molecule has 0 radical (unpaired) electrons. The van der Waals surface area contributed by atoms with Gasteiger partial charge in [-0.05, 0) is 37.3 Å². The van der Waals surface area contributed by atoms with Gasteiger partial charge in [-0.3, -0.25) is 0 Å². The number of nitrogens with zero attached hydrogens (tertiary/aromatic N) is 2. The number of aromatic nitrogens is 2. The van der Waals surface area contributed by atoms with E-state index in [9.17, 15) is 0 Å². The Balaban J connectivity index is 1.84. The fourth-order valence-electron chi connectivity index (χ4n) is 2.16. The molecule has 0 aliphatic carbocycles. The molecule has 0 spiro atoms. The van der Waals surface area contributed by atoms with E-state index in [1.165, 1.54) is 22.6 Å². The molecule has 0 aromatic carbocycles. The zero-order chi connectivity index (χ0) is 13.2. The molecule has 1 aliphatic heterocycles. The van der Waals surface area contributed by atoms with Crippen molar-refractivity contribution in [2.75, 3.05) is 12.3 Å². The second kappa shape index (κ2) is 5.64. The van der Waals surface area contributed by atoms with Gasteiger partial charge in [-0.15, -0.1) is 21.5 Å². The Bertz CT molecular complexity index is 540. The maximum atomic E-state index is 5.78. The largest absolute Gasteiger partial charge is 0.418 e. The first-order chi connectivity index (χ1) is 9.28. The van der Waals surface area contributed by atoms with Gasteiger partial charge in [0.2, 0.25) is 5.89 Å².